The molecular formula is C12H26N2O. The molecule has 15 heavy (non-hydrogen) atoms. The van der Waals surface area contributed by atoms with Crippen molar-refractivity contribution < 1.29 is 4.74 Å². The van der Waals surface area contributed by atoms with Crippen LogP contribution < -0.4 is 5.32 Å². The van der Waals surface area contributed by atoms with Gasteiger partial charge in [-0.1, -0.05) is 6.92 Å². The van der Waals surface area contributed by atoms with E-state index in [4.69, 9.17) is 4.74 Å². The Kier molecular flexibility index (Phi) is 5.58. The molecule has 3 unspecified atom stereocenters. The first-order valence-electron chi connectivity index (χ1n) is 6.26. The van der Waals surface area contributed by atoms with Crippen LogP contribution in [0.2, 0.25) is 0 Å². The van der Waals surface area contributed by atoms with Crippen LogP contribution in [-0.4, -0.2) is 49.3 Å². The standard InChI is InChI=1S/C12H26N2O/c1-5-12-9-14(10(3)7-13-12)8-11(4)15-6-2/h10-13H,5-9H2,1-4H3. The smallest absolute Gasteiger partial charge is 0.0673 e. The van der Waals surface area contributed by atoms with Gasteiger partial charge in [0, 0.05) is 38.3 Å². The molecule has 1 aliphatic rings. The van der Waals surface area contributed by atoms with Gasteiger partial charge in [0.25, 0.3) is 0 Å². The van der Waals surface area contributed by atoms with E-state index in [1.54, 1.807) is 0 Å². The number of nitrogens with zero attached hydrogens (tertiary/aromatic N) is 1. The summed E-state index contributed by atoms with van der Waals surface area (Å²) in [6.07, 6.45) is 1.57. The van der Waals surface area contributed by atoms with Gasteiger partial charge < -0.3 is 10.1 Å². The van der Waals surface area contributed by atoms with Crippen molar-refractivity contribution in [3.8, 4) is 0 Å². The molecule has 3 nitrogen and oxygen atoms in total. The fraction of sp³-hybridized carbons (Fsp3) is 1.00. The zero-order valence-corrected chi connectivity index (χ0v) is 10.6. The Labute approximate surface area is 94.2 Å². The van der Waals surface area contributed by atoms with Gasteiger partial charge in [-0.2, -0.15) is 0 Å². The molecule has 3 heteroatoms. The number of hydrogen-bond acceptors (Lipinski definition) is 3. The van der Waals surface area contributed by atoms with Crippen LogP contribution in [0.1, 0.15) is 34.1 Å². The van der Waals surface area contributed by atoms with Gasteiger partial charge in [0.2, 0.25) is 0 Å². The lowest BCUT2D eigenvalue weighted by Crippen LogP contribution is -2.56. The molecular weight excluding hydrogens is 188 g/mol. The number of nitrogens with one attached hydrogen (secondary N) is 1. The summed E-state index contributed by atoms with van der Waals surface area (Å²) in [6, 6.07) is 1.30. The topological polar surface area (TPSA) is 24.5 Å². The highest BCUT2D eigenvalue weighted by Gasteiger charge is 2.24. The molecule has 1 saturated heterocycles. The van der Waals surface area contributed by atoms with E-state index < -0.39 is 0 Å². The molecule has 0 bridgehead atoms. The summed E-state index contributed by atoms with van der Waals surface area (Å²) in [5.74, 6) is 0. The average molecular weight is 214 g/mol. The van der Waals surface area contributed by atoms with Crippen molar-refractivity contribution in [1.29, 1.82) is 0 Å². The second kappa shape index (κ2) is 6.46. The molecule has 0 radical (unpaired) electrons. The van der Waals surface area contributed by atoms with E-state index in [9.17, 15) is 0 Å². The minimum absolute atomic E-state index is 0.355. The van der Waals surface area contributed by atoms with Crippen LogP contribution in [0.5, 0.6) is 0 Å². The third-order valence-electron chi connectivity index (χ3n) is 3.22. The summed E-state index contributed by atoms with van der Waals surface area (Å²) in [5, 5.41) is 3.57. The first-order chi connectivity index (χ1) is 7.17. The van der Waals surface area contributed by atoms with Crippen LogP contribution in [0.3, 0.4) is 0 Å². The zero-order valence-electron chi connectivity index (χ0n) is 10.6. The molecule has 1 heterocycles. The van der Waals surface area contributed by atoms with Crippen LogP contribution >= 0.6 is 0 Å². The molecule has 1 rings (SSSR count). The molecule has 0 aromatic rings. The number of piperazine rings is 1. The second-order valence-electron chi connectivity index (χ2n) is 4.58. The molecule has 3 atom stereocenters. The van der Waals surface area contributed by atoms with Gasteiger partial charge in [-0.05, 0) is 27.2 Å². The van der Waals surface area contributed by atoms with Crippen LogP contribution in [0.25, 0.3) is 0 Å². The quantitative estimate of drug-likeness (QED) is 0.750. The molecule has 1 fully saturated rings. The van der Waals surface area contributed by atoms with E-state index in [-0.39, 0.29) is 0 Å². The highest BCUT2D eigenvalue weighted by atomic mass is 16.5. The van der Waals surface area contributed by atoms with Crippen LogP contribution in [0.4, 0.5) is 0 Å². The molecule has 90 valence electrons. The van der Waals surface area contributed by atoms with Gasteiger partial charge >= 0.3 is 0 Å². The van der Waals surface area contributed by atoms with Crippen molar-refractivity contribution >= 4 is 0 Å². The van der Waals surface area contributed by atoms with Crippen molar-refractivity contribution in [3.05, 3.63) is 0 Å². The van der Waals surface area contributed by atoms with E-state index in [0.29, 0.717) is 18.2 Å². The van der Waals surface area contributed by atoms with Crippen molar-refractivity contribution in [2.24, 2.45) is 0 Å². The summed E-state index contributed by atoms with van der Waals surface area (Å²) in [6.45, 7) is 12.9. The van der Waals surface area contributed by atoms with Crippen LogP contribution in [0.15, 0.2) is 0 Å². The van der Waals surface area contributed by atoms with Crippen molar-refractivity contribution in [2.75, 3.05) is 26.2 Å². The average Bonchev–Trinajstić information content (AvgIpc) is 2.21. The van der Waals surface area contributed by atoms with Gasteiger partial charge in [-0.15, -0.1) is 0 Å². The molecule has 0 amide bonds. The maximum atomic E-state index is 5.60. The van der Waals surface area contributed by atoms with E-state index in [1.807, 2.05) is 0 Å². The van der Waals surface area contributed by atoms with Gasteiger partial charge in [-0.3, -0.25) is 4.90 Å². The Morgan fingerprint density at radius 3 is 2.80 bits per heavy atom. The third-order valence-corrected chi connectivity index (χ3v) is 3.22. The Morgan fingerprint density at radius 1 is 1.47 bits per heavy atom. The van der Waals surface area contributed by atoms with Gasteiger partial charge in [0.1, 0.15) is 0 Å². The maximum absolute atomic E-state index is 5.60. The summed E-state index contributed by atoms with van der Waals surface area (Å²) in [7, 11) is 0. The summed E-state index contributed by atoms with van der Waals surface area (Å²) >= 11 is 0. The fourth-order valence-corrected chi connectivity index (χ4v) is 2.19. The van der Waals surface area contributed by atoms with Gasteiger partial charge in [0.05, 0.1) is 6.10 Å². The number of ether oxygens (including phenoxy) is 1. The maximum Gasteiger partial charge on any atom is 0.0673 e. The van der Waals surface area contributed by atoms with Gasteiger partial charge in [-0.25, -0.2) is 0 Å². The largest absolute Gasteiger partial charge is 0.377 e. The molecule has 0 aliphatic carbocycles. The van der Waals surface area contributed by atoms with E-state index in [2.05, 4.69) is 37.9 Å². The SMILES string of the molecule is CCOC(C)CN1CC(CC)NCC1C. The summed E-state index contributed by atoms with van der Waals surface area (Å²) in [5.41, 5.74) is 0. The number of hydrogen-bond donors (Lipinski definition) is 1. The number of rotatable bonds is 5. The summed E-state index contributed by atoms with van der Waals surface area (Å²) < 4.78 is 5.60. The zero-order chi connectivity index (χ0) is 11.3. The molecule has 0 saturated carbocycles. The minimum atomic E-state index is 0.355. The first-order valence-corrected chi connectivity index (χ1v) is 6.26. The molecule has 0 spiro atoms. The highest BCUT2D eigenvalue weighted by molar-refractivity contribution is 4.83. The molecule has 0 aromatic carbocycles. The second-order valence-corrected chi connectivity index (χ2v) is 4.58. The molecule has 1 aliphatic heterocycles. The predicted octanol–water partition coefficient (Wildman–Crippen LogP) is 1.48. The van der Waals surface area contributed by atoms with Crippen molar-refractivity contribution in [2.45, 2.75) is 52.3 Å². The van der Waals surface area contributed by atoms with Crippen molar-refractivity contribution in [3.63, 3.8) is 0 Å². The van der Waals surface area contributed by atoms with Crippen LogP contribution in [0, 0.1) is 0 Å². The van der Waals surface area contributed by atoms with Crippen LogP contribution in [-0.2, 0) is 4.74 Å². The predicted molar refractivity (Wildman–Crippen MR) is 64.2 cm³/mol. The minimum Gasteiger partial charge on any atom is -0.377 e. The Balaban J connectivity index is 2.36. The van der Waals surface area contributed by atoms with E-state index >= 15 is 0 Å². The Morgan fingerprint density at radius 2 is 2.20 bits per heavy atom. The lowest BCUT2D eigenvalue weighted by molar-refractivity contribution is 0.0230. The molecule has 1 N–H and O–H groups in total. The molecule has 0 aromatic heterocycles. The van der Waals surface area contributed by atoms with Crippen molar-refractivity contribution in [1.82, 2.24) is 10.2 Å². The first kappa shape index (κ1) is 12.9. The Bertz CT molecular complexity index is 175. The Hall–Kier alpha value is -0.120. The lowest BCUT2D eigenvalue weighted by atomic mass is 10.1. The lowest BCUT2D eigenvalue weighted by Gasteiger charge is -2.39. The summed E-state index contributed by atoms with van der Waals surface area (Å²) in [4.78, 5) is 2.55. The van der Waals surface area contributed by atoms with E-state index in [1.165, 1.54) is 6.42 Å². The van der Waals surface area contributed by atoms with E-state index in [0.717, 1.165) is 26.2 Å². The fourth-order valence-electron chi connectivity index (χ4n) is 2.19. The normalized spacial score (nSPS) is 30.4. The van der Waals surface area contributed by atoms with Gasteiger partial charge in [0.15, 0.2) is 0 Å². The highest BCUT2D eigenvalue weighted by Crippen LogP contribution is 2.10. The third kappa shape index (κ3) is 4.09. The monoisotopic (exact) mass is 214 g/mol.